The van der Waals surface area contributed by atoms with Crippen molar-refractivity contribution < 1.29 is 4.74 Å². The van der Waals surface area contributed by atoms with E-state index in [1.807, 2.05) is 30.5 Å². The number of nitrogens with one attached hydrogen (secondary N) is 2. The van der Waals surface area contributed by atoms with Crippen LogP contribution in [-0.4, -0.2) is 17.3 Å². The summed E-state index contributed by atoms with van der Waals surface area (Å²) >= 11 is 0. The maximum atomic E-state index is 5.20. The van der Waals surface area contributed by atoms with Gasteiger partial charge in [0.05, 0.1) is 19.0 Å². The lowest BCUT2D eigenvalue weighted by Gasteiger charge is -2.08. The van der Waals surface area contributed by atoms with Gasteiger partial charge in [0.2, 0.25) is 0 Å². The van der Waals surface area contributed by atoms with E-state index in [2.05, 4.69) is 46.7 Å². The highest BCUT2D eigenvalue weighted by molar-refractivity contribution is 5.63. The van der Waals surface area contributed by atoms with Crippen molar-refractivity contribution >= 4 is 0 Å². The zero-order valence-electron chi connectivity index (χ0n) is 13.5. The summed E-state index contributed by atoms with van der Waals surface area (Å²) in [7, 11) is 1.67. The van der Waals surface area contributed by atoms with Gasteiger partial charge in [-0.2, -0.15) is 5.10 Å². The van der Waals surface area contributed by atoms with Crippen molar-refractivity contribution in [3.8, 4) is 17.0 Å². The molecule has 0 aliphatic carbocycles. The van der Waals surface area contributed by atoms with Crippen molar-refractivity contribution in [2.24, 2.45) is 0 Å². The Bertz CT molecular complexity index is 762. The zero-order valence-corrected chi connectivity index (χ0v) is 13.5. The van der Waals surface area contributed by atoms with Crippen LogP contribution in [0.15, 0.2) is 54.7 Å². The van der Waals surface area contributed by atoms with Crippen LogP contribution >= 0.6 is 0 Å². The van der Waals surface area contributed by atoms with Crippen LogP contribution in [0, 0.1) is 6.92 Å². The summed E-state index contributed by atoms with van der Waals surface area (Å²) in [4.78, 5) is 0. The summed E-state index contributed by atoms with van der Waals surface area (Å²) in [6, 6.07) is 16.4. The van der Waals surface area contributed by atoms with Crippen LogP contribution in [0.1, 0.15) is 16.7 Å². The quantitative estimate of drug-likeness (QED) is 0.730. The molecule has 0 aliphatic rings. The van der Waals surface area contributed by atoms with Crippen molar-refractivity contribution in [3.63, 3.8) is 0 Å². The fourth-order valence-corrected chi connectivity index (χ4v) is 2.59. The summed E-state index contributed by atoms with van der Waals surface area (Å²) in [6.45, 7) is 3.75. The highest BCUT2D eigenvalue weighted by atomic mass is 16.5. The van der Waals surface area contributed by atoms with E-state index in [0.717, 1.165) is 35.7 Å². The predicted octanol–water partition coefficient (Wildman–Crippen LogP) is 3.68. The second-order valence-electron chi connectivity index (χ2n) is 5.53. The number of H-pyrrole nitrogens is 1. The van der Waals surface area contributed by atoms with E-state index in [1.54, 1.807) is 7.11 Å². The summed E-state index contributed by atoms with van der Waals surface area (Å²) in [6.07, 6.45) is 1.88. The maximum absolute atomic E-state index is 5.20. The van der Waals surface area contributed by atoms with E-state index in [4.69, 9.17) is 4.74 Å². The summed E-state index contributed by atoms with van der Waals surface area (Å²) in [5.74, 6) is 0.854. The standard InChI is InChI=1S/C19H21N3O/c1-14-5-3-4-6-16(14)11-20-12-17-13-21-22-19(17)15-7-9-18(23-2)10-8-15/h3-10,13,20H,11-12H2,1-2H3,(H,21,22). The van der Waals surface area contributed by atoms with Crippen LogP contribution in [0.3, 0.4) is 0 Å². The molecule has 1 heterocycles. The van der Waals surface area contributed by atoms with Crippen molar-refractivity contribution in [1.82, 2.24) is 15.5 Å². The van der Waals surface area contributed by atoms with Gasteiger partial charge in [-0.05, 0) is 42.3 Å². The van der Waals surface area contributed by atoms with Crippen LogP contribution in [0.25, 0.3) is 11.3 Å². The Labute approximate surface area is 136 Å². The molecule has 0 saturated heterocycles. The number of rotatable bonds is 6. The Hall–Kier alpha value is -2.59. The Morgan fingerprint density at radius 2 is 1.74 bits per heavy atom. The minimum atomic E-state index is 0.770. The molecule has 3 aromatic rings. The number of aromatic nitrogens is 2. The normalized spacial score (nSPS) is 10.7. The molecule has 0 unspecified atom stereocenters. The molecule has 0 bridgehead atoms. The lowest BCUT2D eigenvalue weighted by molar-refractivity contribution is 0.415. The van der Waals surface area contributed by atoms with Crippen molar-refractivity contribution in [3.05, 3.63) is 71.4 Å². The number of nitrogens with zero attached hydrogens (tertiary/aromatic N) is 1. The molecule has 2 N–H and O–H groups in total. The topological polar surface area (TPSA) is 49.9 Å². The number of aryl methyl sites for hydroxylation is 1. The third kappa shape index (κ3) is 3.60. The van der Waals surface area contributed by atoms with Crippen LogP contribution in [0.4, 0.5) is 0 Å². The fraction of sp³-hybridized carbons (Fsp3) is 0.211. The van der Waals surface area contributed by atoms with Gasteiger partial charge in [-0.3, -0.25) is 5.10 Å². The Morgan fingerprint density at radius 3 is 2.48 bits per heavy atom. The molecule has 23 heavy (non-hydrogen) atoms. The van der Waals surface area contributed by atoms with Crippen LogP contribution in [0.5, 0.6) is 5.75 Å². The largest absolute Gasteiger partial charge is 0.497 e. The molecule has 1 aromatic heterocycles. The first-order valence-corrected chi connectivity index (χ1v) is 7.70. The van der Waals surface area contributed by atoms with Gasteiger partial charge in [0.1, 0.15) is 5.75 Å². The van der Waals surface area contributed by atoms with E-state index in [0.29, 0.717) is 0 Å². The second kappa shape index (κ2) is 7.11. The van der Waals surface area contributed by atoms with Crippen molar-refractivity contribution in [2.45, 2.75) is 20.0 Å². The van der Waals surface area contributed by atoms with Gasteiger partial charge in [0.15, 0.2) is 0 Å². The van der Waals surface area contributed by atoms with Crippen molar-refractivity contribution in [1.29, 1.82) is 0 Å². The van der Waals surface area contributed by atoms with Gasteiger partial charge >= 0.3 is 0 Å². The first kappa shape index (κ1) is 15.3. The molecule has 0 radical (unpaired) electrons. The highest BCUT2D eigenvalue weighted by Crippen LogP contribution is 2.23. The fourth-order valence-electron chi connectivity index (χ4n) is 2.59. The summed E-state index contributed by atoms with van der Waals surface area (Å²) in [5, 5.41) is 10.8. The van der Waals surface area contributed by atoms with Gasteiger partial charge in [-0.25, -0.2) is 0 Å². The average Bonchev–Trinajstić information content (AvgIpc) is 3.05. The van der Waals surface area contributed by atoms with E-state index in [9.17, 15) is 0 Å². The number of hydrogen-bond donors (Lipinski definition) is 2. The first-order chi connectivity index (χ1) is 11.3. The average molecular weight is 307 g/mol. The predicted molar refractivity (Wildman–Crippen MR) is 92.3 cm³/mol. The Kier molecular flexibility index (Phi) is 4.74. The first-order valence-electron chi connectivity index (χ1n) is 7.70. The molecule has 4 heteroatoms. The maximum Gasteiger partial charge on any atom is 0.118 e. The lowest BCUT2D eigenvalue weighted by Crippen LogP contribution is -2.13. The highest BCUT2D eigenvalue weighted by Gasteiger charge is 2.08. The minimum Gasteiger partial charge on any atom is -0.497 e. The van der Waals surface area contributed by atoms with E-state index >= 15 is 0 Å². The molecule has 2 aromatic carbocycles. The number of methoxy groups -OCH3 is 1. The van der Waals surface area contributed by atoms with E-state index in [1.165, 1.54) is 11.1 Å². The number of ether oxygens (including phenoxy) is 1. The molecule has 0 fully saturated rings. The minimum absolute atomic E-state index is 0.770. The van der Waals surface area contributed by atoms with Crippen LogP contribution in [-0.2, 0) is 13.1 Å². The Balaban J connectivity index is 1.67. The number of aromatic amines is 1. The monoisotopic (exact) mass is 307 g/mol. The second-order valence-corrected chi connectivity index (χ2v) is 5.53. The molecular weight excluding hydrogens is 286 g/mol. The van der Waals surface area contributed by atoms with Gasteiger partial charge in [0, 0.05) is 24.2 Å². The van der Waals surface area contributed by atoms with Crippen LogP contribution in [0.2, 0.25) is 0 Å². The molecule has 0 amide bonds. The third-order valence-corrected chi connectivity index (χ3v) is 3.99. The molecular formula is C19H21N3O. The SMILES string of the molecule is COc1ccc(-c2[nH]ncc2CNCc2ccccc2C)cc1. The van der Waals surface area contributed by atoms with Gasteiger partial charge in [-0.15, -0.1) is 0 Å². The molecule has 0 aliphatic heterocycles. The summed E-state index contributed by atoms with van der Waals surface area (Å²) in [5.41, 5.74) is 5.94. The zero-order chi connectivity index (χ0) is 16.1. The van der Waals surface area contributed by atoms with Gasteiger partial charge in [-0.1, -0.05) is 24.3 Å². The molecule has 0 saturated carbocycles. The third-order valence-electron chi connectivity index (χ3n) is 3.99. The smallest absolute Gasteiger partial charge is 0.118 e. The molecule has 3 rings (SSSR count). The summed E-state index contributed by atoms with van der Waals surface area (Å²) < 4.78 is 5.20. The van der Waals surface area contributed by atoms with E-state index < -0.39 is 0 Å². The lowest BCUT2D eigenvalue weighted by atomic mass is 10.1. The van der Waals surface area contributed by atoms with E-state index in [-0.39, 0.29) is 0 Å². The van der Waals surface area contributed by atoms with Gasteiger partial charge < -0.3 is 10.1 Å². The van der Waals surface area contributed by atoms with Gasteiger partial charge in [0.25, 0.3) is 0 Å². The molecule has 4 nitrogen and oxygen atoms in total. The van der Waals surface area contributed by atoms with Crippen LogP contribution < -0.4 is 10.1 Å². The number of hydrogen-bond acceptors (Lipinski definition) is 3. The number of benzene rings is 2. The molecule has 0 spiro atoms. The Morgan fingerprint density at radius 1 is 1.00 bits per heavy atom. The molecule has 118 valence electrons. The van der Waals surface area contributed by atoms with Crippen molar-refractivity contribution in [2.75, 3.05) is 7.11 Å². The molecule has 0 atom stereocenters.